The molecule has 18 heavy (non-hydrogen) atoms. The third-order valence-corrected chi connectivity index (χ3v) is 2.91. The van der Waals surface area contributed by atoms with Crippen molar-refractivity contribution in [3.05, 3.63) is 11.6 Å². The molecule has 0 aliphatic heterocycles. The lowest BCUT2D eigenvalue weighted by molar-refractivity contribution is -0.121. The molecule has 0 unspecified atom stereocenters. The third kappa shape index (κ3) is 10.2. The predicted molar refractivity (Wildman–Crippen MR) is 73.4 cm³/mol. The number of hydrogen-bond donors (Lipinski definition) is 1. The van der Waals surface area contributed by atoms with Gasteiger partial charge in [-0.25, -0.2) is 0 Å². The summed E-state index contributed by atoms with van der Waals surface area (Å²) in [4.78, 5) is 21.7. The number of carbonyl (C=O) groups is 2. The van der Waals surface area contributed by atoms with E-state index in [9.17, 15) is 14.7 Å². The smallest absolute Gasteiger partial charge is 0.132 e. The van der Waals surface area contributed by atoms with E-state index in [4.69, 9.17) is 0 Å². The van der Waals surface area contributed by atoms with Crippen LogP contribution in [0.15, 0.2) is 11.6 Å². The van der Waals surface area contributed by atoms with Crippen molar-refractivity contribution < 1.29 is 14.7 Å². The first-order chi connectivity index (χ1) is 8.23. The molecule has 0 spiro atoms. The van der Waals surface area contributed by atoms with Crippen molar-refractivity contribution in [3.63, 3.8) is 0 Å². The molecule has 0 fully saturated rings. The lowest BCUT2D eigenvalue weighted by atomic mass is 9.93. The molecule has 1 N–H and O–H groups in total. The van der Waals surface area contributed by atoms with Crippen LogP contribution in [-0.2, 0) is 9.59 Å². The maximum atomic E-state index is 11.0. The Hall–Kier alpha value is -0.960. The SMILES string of the molecule is CC(=O)CCCC(C)=CCC[C@](C)(O)CC(C)=O. The van der Waals surface area contributed by atoms with Crippen LogP contribution in [0.2, 0.25) is 0 Å². The Bertz CT molecular complexity index is 314. The van der Waals surface area contributed by atoms with Gasteiger partial charge in [0.2, 0.25) is 0 Å². The summed E-state index contributed by atoms with van der Waals surface area (Å²) in [5.74, 6) is 0.245. The Morgan fingerprint density at radius 2 is 1.72 bits per heavy atom. The zero-order valence-corrected chi connectivity index (χ0v) is 12.1. The van der Waals surface area contributed by atoms with Crippen LogP contribution in [0.25, 0.3) is 0 Å². The highest BCUT2D eigenvalue weighted by Gasteiger charge is 2.21. The molecule has 0 aromatic heterocycles. The fraction of sp³-hybridized carbons (Fsp3) is 0.733. The minimum absolute atomic E-state index is 0.0159. The van der Waals surface area contributed by atoms with Crippen LogP contribution in [-0.4, -0.2) is 22.3 Å². The van der Waals surface area contributed by atoms with E-state index < -0.39 is 5.60 Å². The van der Waals surface area contributed by atoms with Gasteiger partial charge in [-0.1, -0.05) is 11.6 Å². The molecule has 0 radical (unpaired) electrons. The first kappa shape index (κ1) is 17.0. The molecular weight excluding hydrogens is 228 g/mol. The van der Waals surface area contributed by atoms with E-state index >= 15 is 0 Å². The number of aliphatic hydroxyl groups is 1. The summed E-state index contributed by atoms with van der Waals surface area (Å²) in [6.45, 7) is 6.85. The number of carbonyl (C=O) groups excluding carboxylic acids is 2. The monoisotopic (exact) mass is 254 g/mol. The number of allylic oxidation sites excluding steroid dienone is 2. The summed E-state index contributed by atoms with van der Waals surface area (Å²) in [5.41, 5.74) is 0.344. The van der Waals surface area contributed by atoms with Gasteiger partial charge in [-0.15, -0.1) is 0 Å². The molecule has 0 rings (SSSR count). The van der Waals surface area contributed by atoms with E-state index in [0.717, 1.165) is 19.3 Å². The molecule has 0 aliphatic rings. The molecular formula is C15H26O3. The van der Waals surface area contributed by atoms with Gasteiger partial charge in [0.25, 0.3) is 0 Å². The largest absolute Gasteiger partial charge is 0.390 e. The van der Waals surface area contributed by atoms with Crippen LogP contribution in [0, 0.1) is 0 Å². The van der Waals surface area contributed by atoms with Crippen molar-refractivity contribution in [2.75, 3.05) is 0 Å². The van der Waals surface area contributed by atoms with Crippen molar-refractivity contribution in [2.24, 2.45) is 0 Å². The quantitative estimate of drug-likeness (QED) is 0.643. The van der Waals surface area contributed by atoms with Crippen LogP contribution >= 0.6 is 0 Å². The van der Waals surface area contributed by atoms with E-state index in [1.54, 1.807) is 13.8 Å². The number of rotatable bonds is 9. The molecule has 0 amide bonds. The summed E-state index contributed by atoms with van der Waals surface area (Å²) in [6.07, 6.45) is 6.12. The van der Waals surface area contributed by atoms with Gasteiger partial charge in [0, 0.05) is 12.8 Å². The highest BCUT2D eigenvalue weighted by atomic mass is 16.3. The first-order valence-corrected chi connectivity index (χ1v) is 6.60. The van der Waals surface area contributed by atoms with E-state index in [-0.39, 0.29) is 18.0 Å². The second-order valence-corrected chi connectivity index (χ2v) is 5.52. The van der Waals surface area contributed by atoms with Crippen molar-refractivity contribution in [1.82, 2.24) is 0 Å². The van der Waals surface area contributed by atoms with E-state index in [2.05, 4.69) is 6.08 Å². The molecule has 0 aliphatic carbocycles. The predicted octanol–water partition coefficient (Wildman–Crippen LogP) is 3.20. The Morgan fingerprint density at radius 1 is 1.11 bits per heavy atom. The van der Waals surface area contributed by atoms with E-state index in [1.165, 1.54) is 12.5 Å². The zero-order valence-electron chi connectivity index (χ0n) is 12.1. The van der Waals surface area contributed by atoms with Gasteiger partial charge in [-0.3, -0.25) is 4.79 Å². The van der Waals surface area contributed by atoms with Crippen molar-refractivity contribution in [1.29, 1.82) is 0 Å². The summed E-state index contributed by atoms with van der Waals surface area (Å²) in [7, 11) is 0. The second-order valence-electron chi connectivity index (χ2n) is 5.52. The minimum atomic E-state index is -0.901. The lowest BCUT2D eigenvalue weighted by Crippen LogP contribution is -2.26. The molecule has 0 heterocycles. The van der Waals surface area contributed by atoms with Crippen molar-refractivity contribution in [3.8, 4) is 0 Å². The average Bonchev–Trinajstić information content (AvgIpc) is 2.14. The lowest BCUT2D eigenvalue weighted by Gasteiger charge is -2.20. The van der Waals surface area contributed by atoms with Gasteiger partial charge < -0.3 is 9.90 Å². The zero-order chi connectivity index (χ0) is 14.2. The van der Waals surface area contributed by atoms with Crippen LogP contribution < -0.4 is 0 Å². The summed E-state index contributed by atoms with van der Waals surface area (Å²) >= 11 is 0. The molecule has 0 saturated heterocycles. The summed E-state index contributed by atoms with van der Waals surface area (Å²) in [5, 5.41) is 9.95. The molecule has 104 valence electrons. The Kier molecular flexibility index (Phi) is 7.76. The number of Topliss-reactive ketones (excluding diaryl/α,β-unsaturated/α-hetero) is 2. The average molecular weight is 254 g/mol. The van der Waals surface area contributed by atoms with Gasteiger partial charge >= 0.3 is 0 Å². The second kappa shape index (κ2) is 8.20. The normalized spacial score (nSPS) is 15.3. The first-order valence-electron chi connectivity index (χ1n) is 6.60. The number of ketones is 2. The van der Waals surface area contributed by atoms with Crippen molar-refractivity contribution >= 4 is 11.6 Å². The fourth-order valence-corrected chi connectivity index (χ4v) is 1.97. The molecule has 3 heteroatoms. The topological polar surface area (TPSA) is 54.4 Å². The van der Waals surface area contributed by atoms with Crippen LogP contribution in [0.5, 0.6) is 0 Å². The molecule has 1 atom stereocenters. The van der Waals surface area contributed by atoms with Gasteiger partial charge in [0.1, 0.15) is 11.6 Å². The fourth-order valence-electron chi connectivity index (χ4n) is 1.97. The maximum absolute atomic E-state index is 11.0. The molecule has 3 nitrogen and oxygen atoms in total. The van der Waals surface area contributed by atoms with Crippen molar-refractivity contribution in [2.45, 2.75) is 71.8 Å². The van der Waals surface area contributed by atoms with E-state index in [1.807, 2.05) is 6.92 Å². The maximum Gasteiger partial charge on any atom is 0.132 e. The third-order valence-electron chi connectivity index (χ3n) is 2.91. The standard InChI is InChI=1S/C15H26O3/c1-12(7-5-9-13(2)16)8-6-10-15(4,18)11-14(3)17/h8,18H,5-7,9-11H2,1-4H3/t15-/m0/s1. The Balaban J connectivity index is 3.92. The Morgan fingerprint density at radius 3 is 2.22 bits per heavy atom. The molecule has 0 aromatic carbocycles. The van der Waals surface area contributed by atoms with Gasteiger partial charge in [-0.2, -0.15) is 0 Å². The minimum Gasteiger partial charge on any atom is -0.390 e. The van der Waals surface area contributed by atoms with Crippen LogP contribution in [0.1, 0.15) is 66.2 Å². The summed E-state index contributed by atoms with van der Waals surface area (Å²) < 4.78 is 0. The van der Waals surface area contributed by atoms with Gasteiger partial charge in [0.05, 0.1) is 5.60 Å². The summed E-state index contributed by atoms with van der Waals surface area (Å²) in [6, 6.07) is 0. The van der Waals surface area contributed by atoms with E-state index in [0.29, 0.717) is 12.8 Å². The number of hydrogen-bond acceptors (Lipinski definition) is 3. The molecule has 0 saturated carbocycles. The molecule has 0 bridgehead atoms. The van der Waals surface area contributed by atoms with Crippen LogP contribution in [0.3, 0.4) is 0 Å². The van der Waals surface area contributed by atoms with Gasteiger partial charge in [-0.05, 0) is 53.4 Å². The highest BCUT2D eigenvalue weighted by molar-refractivity contribution is 5.76. The molecule has 0 aromatic rings. The highest BCUT2D eigenvalue weighted by Crippen LogP contribution is 2.18. The van der Waals surface area contributed by atoms with Crippen LogP contribution in [0.4, 0.5) is 0 Å². The Labute approximate surface area is 110 Å². The van der Waals surface area contributed by atoms with Gasteiger partial charge in [0.15, 0.2) is 0 Å².